The molecule has 0 N–H and O–H groups in total. The molecule has 0 atom stereocenters. The summed E-state index contributed by atoms with van der Waals surface area (Å²) >= 11 is 8.85. The molecule has 0 aromatic heterocycles. The maximum atomic E-state index is 4.83. The third-order valence-electron chi connectivity index (χ3n) is 1.37. The van der Waals surface area contributed by atoms with Gasteiger partial charge >= 0.3 is 0 Å². The van der Waals surface area contributed by atoms with Gasteiger partial charge < -0.3 is 4.90 Å². The van der Waals surface area contributed by atoms with E-state index in [9.17, 15) is 0 Å². The number of likely N-dealkylation sites (N-methyl/N-ethyl adjacent to an activating group) is 1. The maximum absolute atomic E-state index is 4.83. The normalized spacial score (nSPS) is 19.5. The first kappa shape index (κ1) is 8.56. The molecule has 3 heteroatoms. The Kier molecular flexibility index (Phi) is 2.91. The minimum Gasteiger partial charge on any atom is -0.351 e. The van der Waals surface area contributed by atoms with Crippen LogP contribution in [0.2, 0.25) is 0 Å². The average Bonchev–Trinajstić information content (AvgIpc) is 1.93. The lowest BCUT2D eigenvalue weighted by molar-refractivity contribution is 0.585. The molecule has 0 saturated carbocycles. The van der Waals surface area contributed by atoms with Crippen LogP contribution in [0.4, 0.5) is 0 Å². The van der Waals surface area contributed by atoms with Crippen molar-refractivity contribution in [3.8, 4) is 0 Å². The molecule has 1 heterocycles. The zero-order valence-corrected chi connectivity index (χ0v) is 7.90. The summed E-state index contributed by atoms with van der Waals surface area (Å²) < 4.78 is 0.604. The Morgan fingerprint density at radius 2 is 2.36 bits per heavy atom. The lowest BCUT2D eigenvalue weighted by atomic mass is 10.3. The largest absolute Gasteiger partial charge is 0.351 e. The van der Waals surface area contributed by atoms with Gasteiger partial charge in [0.05, 0.1) is 4.20 Å². The van der Waals surface area contributed by atoms with Gasteiger partial charge in [-0.05, 0) is 18.2 Å². The van der Waals surface area contributed by atoms with Crippen molar-refractivity contribution in [2.45, 2.75) is 0 Å². The molecular formula is C8H9NS2. The third kappa shape index (κ3) is 2.52. The molecule has 0 radical (unpaired) electrons. The second-order valence-electron chi connectivity index (χ2n) is 2.22. The van der Waals surface area contributed by atoms with Gasteiger partial charge in [-0.2, -0.15) is 0 Å². The van der Waals surface area contributed by atoms with E-state index in [2.05, 4.69) is 12.6 Å². The van der Waals surface area contributed by atoms with E-state index in [0.717, 1.165) is 5.70 Å². The number of thiol groups is 1. The molecule has 0 aromatic carbocycles. The van der Waals surface area contributed by atoms with E-state index >= 15 is 0 Å². The summed E-state index contributed by atoms with van der Waals surface area (Å²) in [5, 5.41) is 0. The summed E-state index contributed by atoms with van der Waals surface area (Å²) in [4.78, 5) is 1.99. The molecule has 0 fully saturated rings. The van der Waals surface area contributed by atoms with Crippen molar-refractivity contribution in [2.75, 3.05) is 7.05 Å². The third-order valence-corrected chi connectivity index (χ3v) is 1.61. The zero-order chi connectivity index (χ0) is 8.27. The molecule has 0 aliphatic carbocycles. The van der Waals surface area contributed by atoms with Gasteiger partial charge in [-0.25, -0.2) is 0 Å². The molecule has 1 rings (SSSR count). The SMILES string of the molecule is CN1C=CC=CC1=CC(=S)S. The summed E-state index contributed by atoms with van der Waals surface area (Å²) in [5.74, 6) is 0. The van der Waals surface area contributed by atoms with Gasteiger partial charge in [0.25, 0.3) is 0 Å². The minimum absolute atomic E-state index is 0.604. The molecule has 0 bridgehead atoms. The highest BCUT2D eigenvalue weighted by molar-refractivity contribution is 8.11. The van der Waals surface area contributed by atoms with Gasteiger partial charge in [0.1, 0.15) is 0 Å². The molecule has 0 saturated heterocycles. The molecule has 58 valence electrons. The van der Waals surface area contributed by atoms with Crippen LogP contribution in [-0.4, -0.2) is 16.1 Å². The van der Waals surface area contributed by atoms with Crippen LogP contribution in [0.3, 0.4) is 0 Å². The molecular weight excluding hydrogens is 174 g/mol. The first-order valence-electron chi connectivity index (χ1n) is 3.22. The molecule has 1 nitrogen and oxygen atoms in total. The summed E-state index contributed by atoms with van der Waals surface area (Å²) in [6, 6.07) is 0. The highest BCUT2D eigenvalue weighted by Crippen LogP contribution is 2.09. The Balaban J connectivity index is 2.81. The number of allylic oxidation sites excluding steroid dienone is 3. The Morgan fingerprint density at radius 1 is 1.64 bits per heavy atom. The fourth-order valence-corrected chi connectivity index (χ4v) is 1.07. The second kappa shape index (κ2) is 3.74. The number of nitrogens with zero attached hydrogens (tertiary/aromatic N) is 1. The zero-order valence-electron chi connectivity index (χ0n) is 6.19. The molecule has 1 aliphatic rings. The van der Waals surface area contributed by atoms with Gasteiger partial charge in [-0.3, -0.25) is 0 Å². The number of rotatable bonds is 1. The van der Waals surface area contributed by atoms with Crippen LogP contribution >= 0.6 is 24.8 Å². The van der Waals surface area contributed by atoms with Crippen molar-refractivity contribution < 1.29 is 0 Å². The topological polar surface area (TPSA) is 3.24 Å². The van der Waals surface area contributed by atoms with Gasteiger partial charge in [-0.15, -0.1) is 12.6 Å². The maximum Gasteiger partial charge on any atom is 0.0696 e. The molecule has 0 spiro atoms. The van der Waals surface area contributed by atoms with Gasteiger partial charge in [-0.1, -0.05) is 18.3 Å². The van der Waals surface area contributed by atoms with Crippen LogP contribution in [0, 0.1) is 0 Å². The quantitative estimate of drug-likeness (QED) is 0.377. The molecule has 0 unspecified atom stereocenters. The van der Waals surface area contributed by atoms with Gasteiger partial charge in [0.2, 0.25) is 0 Å². The van der Waals surface area contributed by atoms with Crippen LogP contribution in [-0.2, 0) is 0 Å². The van der Waals surface area contributed by atoms with Crippen molar-refractivity contribution in [1.82, 2.24) is 4.90 Å². The monoisotopic (exact) mass is 183 g/mol. The Bertz CT molecular complexity index is 251. The summed E-state index contributed by atoms with van der Waals surface area (Å²) in [6.07, 6.45) is 9.75. The number of hydrogen-bond donors (Lipinski definition) is 1. The van der Waals surface area contributed by atoms with E-state index in [-0.39, 0.29) is 0 Å². The minimum atomic E-state index is 0.604. The lowest BCUT2D eigenvalue weighted by Crippen LogP contribution is -2.10. The summed E-state index contributed by atoms with van der Waals surface area (Å²) in [6.45, 7) is 0. The molecule has 1 aliphatic heterocycles. The second-order valence-corrected chi connectivity index (χ2v) is 3.44. The van der Waals surface area contributed by atoms with E-state index in [0.29, 0.717) is 4.20 Å². The van der Waals surface area contributed by atoms with Gasteiger partial charge in [0.15, 0.2) is 0 Å². The fraction of sp³-hybridized carbons (Fsp3) is 0.125. The van der Waals surface area contributed by atoms with E-state index < -0.39 is 0 Å². The summed E-state index contributed by atoms with van der Waals surface area (Å²) in [7, 11) is 1.97. The predicted octanol–water partition coefficient (Wildman–Crippen LogP) is 2.14. The Labute approximate surface area is 77.5 Å². The van der Waals surface area contributed by atoms with Crippen LogP contribution in [0.25, 0.3) is 0 Å². The van der Waals surface area contributed by atoms with E-state index in [1.807, 2.05) is 42.5 Å². The highest BCUT2D eigenvalue weighted by Gasteiger charge is 1.99. The van der Waals surface area contributed by atoms with Crippen molar-refractivity contribution in [3.05, 3.63) is 36.2 Å². The highest BCUT2D eigenvalue weighted by atomic mass is 32.1. The van der Waals surface area contributed by atoms with Crippen LogP contribution in [0.1, 0.15) is 0 Å². The van der Waals surface area contributed by atoms with Crippen molar-refractivity contribution >= 4 is 29.0 Å². The Morgan fingerprint density at radius 3 is 2.91 bits per heavy atom. The van der Waals surface area contributed by atoms with Gasteiger partial charge in [0, 0.05) is 18.9 Å². The molecule has 11 heavy (non-hydrogen) atoms. The fourth-order valence-electron chi connectivity index (χ4n) is 0.813. The van der Waals surface area contributed by atoms with Crippen LogP contribution < -0.4 is 0 Å². The molecule has 0 amide bonds. The first-order valence-corrected chi connectivity index (χ1v) is 4.08. The predicted molar refractivity (Wildman–Crippen MR) is 55.7 cm³/mol. The van der Waals surface area contributed by atoms with E-state index in [1.165, 1.54) is 0 Å². The van der Waals surface area contributed by atoms with Crippen molar-refractivity contribution in [3.63, 3.8) is 0 Å². The van der Waals surface area contributed by atoms with Crippen LogP contribution in [0.5, 0.6) is 0 Å². The number of hydrogen-bond acceptors (Lipinski definition) is 2. The van der Waals surface area contributed by atoms with Crippen LogP contribution in [0.15, 0.2) is 36.2 Å². The van der Waals surface area contributed by atoms with Crippen molar-refractivity contribution in [2.24, 2.45) is 0 Å². The smallest absolute Gasteiger partial charge is 0.0696 e. The van der Waals surface area contributed by atoms with Crippen molar-refractivity contribution in [1.29, 1.82) is 0 Å². The van der Waals surface area contributed by atoms with E-state index in [4.69, 9.17) is 12.2 Å². The first-order chi connectivity index (χ1) is 5.20. The standard InChI is InChI=1S/C8H9NS2/c1-9-5-3-2-4-7(9)6-8(10)11/h2-6H,1H3,(H,10,11). The Hall–Kier alpha value is -0.540. The lowest BCUT2D eigenvalue weighted by Gasteiger charge is -2.17. The molecule has 0 aromatic rings. The summed E-state index contributed by atoms with van der Waals surface area (Å²) in [5.41, 5.74) is 1.06. The average molecular weight is 183 g/mol. The van der Waals surface area contributed by atoms with E-state index in [1.54, 1.807) is 0 Å². The number of thiocarbonyl (C=S) groups is 1.